The molecule has 0 bridgehead atoms. The second kappa shape index (κ2) is 23.1. The van der Waals surface area contributed by atoms with Crippen molar-refractivity contribution in [3.8, 4) is 0 Å². The predicted octanol–water partition coefficient (Wildman–Crippen LogP) is 7.65. The van der Waals surface area contributed by atoms with Crippen LogP contribution in [-0.4, -0.2) is 41.4 Å². The Bertz CT molecular complexity index is 567. The number of hydrogen-bond donors (Lipinski definition) is 1. The number of quaternary nitrogens is 1. The van der Waals surface area contributed by atoms with Crippen LogP contribution in [0.4, 0.5) is 0 Å². The van der Waals surface area contributed by atoms with Gasteiger partial charge in [-0.15, -0.1) is 0 Å². The molecule has 1 aromatic rings. The molecule has 1 N–H and O–H groups in total. The molecule has 0 saturated carbocycles. The van der Waals surface area contributed by atoms with Crippen molar-refractivity contribution in [2.24, 2.45) is 0 Å². The van der Waals surface area contributed by atoms with E-state index in [1.165, 1.54) is 115 Å². The van der Waals surface area contributed by atoms with E-state index >= 15 is 0 Å². The molecular weight excluding hydrogens is 428 g/mol. The summed E-state index contributed by atoms with van der Waals surface area (Å²) in [6.07, 6.45) is 22.7. The van der Waals surface area contributed by atoms with Gasteiger partial charge in [0, 0.05) is 5.56 Å². The average molecular weight is 481 g/mol. The van der Waals surface area contributed by atoms with Crippen molar-refractivity contribution < 1.29 is 14.7 Å². The molecular formula is C28H52N2O4. The monoisotopic (exact) mass is 480 g/mol. The topological polar surface area (TPSA) is 86.4 Å². The van der Waals surface area contributed by atoms with Gasteiger partial charge in [0.25, 0.3) is 0 Å². The van der Waals surface area contributed by atoms with Crippen LogP contribution in [0.25, 0.3) is 0 Å². The van der Waals surface area contributed by atoms with Crippen LogP contribution in [0.3, 0.4) is 0 Å². The lowest BCUT2D eigenvalue weighted by molar-refractivity contribution is -0.923. The maximum atomic E-state index is 9.50. The number of rotatable bonds is 21. The van der Waals surface area contributed by atoms with E-state index in [2.05, 4.69) is 44.3 Å². The van der Waals surface area contributed by atoms with Crippen molar-refractivity contribution in [2.45, 2.75) is 116 Å². The van der Waals surface area contributed by atoms with Crippen molar-refractivity contribution in [3.63, 3.8) is 0 Å². The summed E-state index contributed by atoms with van der Waals surface area (Å²) < 4.78 is 0.957. The highest BCUT2D eigenvalue weighted by molar-refractivity contribution is 5.13. The second-order valence-corrected chi connectivity index (χ2v) is 9.96. The maximum absolute atomic E-state index is 9.50. The van der Waals surface area contributed by atoms with Crippen LogP contribution in [0.2, 0.25) is 0 Å². The lowest BCUT2D eigenvalue weighted by Crippen LogP contribution is -2.46. The van der Waals surface area contributed by atoms with Gasteiger partial charge in [0.15, 0.2) is 0 Å². The van der Waals surface area contributed by atoms with Crippen LogP contribution in [0.15, 0.2) is 30.3 Å². The third kappa shape index (κ3) is 22.1. The van der Waals surface area contributed by atoms with E-state index in [1.54, 1.807) is 0 Å². The Morgan fingerprint density at radius 3 is 1.47 bits per heavy atom. The maximum Gasteiger partial charge on any atom is 0.104 e. The largest absolute Gasteiger partial charge is 0.391 e. The van der Waals surface area contributed by atoms with Gasteiger partial charge in [0.2, 0.25) is 0 Å². The van der Waals surface area contributed by atoms with Gasteiger partial charge in [0.05, 0.1) is 25.3 Å². The van der Waals surface area contributed by atoms with Crippen molar-refractivity contribution in [1.82, 2.24) is 0 Å². The number of aliphatic hydroxyl groups is 1. The third-order valence-corrected chi connectivity index (χ3v) is 6.60. The van der Waals surface area contributed by atoms with Crippen LogP contribution in [0.1, 0.15) is 115 Å². The fourth-order valence-electron chi connectivity index (χ4n) is 4.58. The standard InChI is InChI=1S/C28H52NO.NO3/c1-3-4-5-6-7-8-9-10-11-12-13-14-15-16-17-21-24-29(2,25-26-30)27-28-22-19-18-20-23-28;2-1(3)4/h18-20,22-23,30H,3-17,21,24-27H2,1-2H3;/q+1;-1. The molecule has 1 aromatic carbocycles. The summed E-state index contributed by atoms with van der Waals surface area (Å²) in [5.41, 5.74) is 1.38. The van der Waals surface area contributed by atoms with E-state index in [4.69, 9.17) is 15.3 Å². The second-order valence-electron chi connectivity index (χ2n) is 9.96. The van der Waals surface area contributed by atoms with Gasteiger partial charge in [0.1, 0.15) is 13.1 Å². The summed E-state index contributed by atoms with van der Waals surface area (Å²) in [4.78, 5) is 8.25. The van der Waals surface area contributed by atoms with Crippen LogP contribution >= 0.6 is 0 Å². The van der Waals surface area contributed by atoms with E-state index < -0.39 is 5.09 Å². The SMILES string of the molecule is CCCCCCCCCCCCCCCCCC[N+](C)(CCO)Cc1ccccc1.O=[N+]([O-])[O-]. The minimum absolute atomic E-state index is 0.280. The number of hydrogen-bond acceptors (Lipinski definition) is 4. The zero-order valence-corrected chi connectivity index (χ0v) is 22.1. The normalized spacial score (nSPS) is 12.6. The number of benzene rings is 1. The van der Waals surface area contributed by atoms with Gasteiger partial charge in [-0.1, -0.05) is 127 Å². The van der Waals surface area contributed by atoms with E-state index in [0.29, 0.717) is 0 Å². The molecule has 6 nitrogen and oxygen atoms in total. The number of likely N-dealkylation sites (N-methyl/N-ethyl adjacent to an activating group) is 1. The molecule has 1 unspecified atom stereocenters. The summed E-state index contributed by atoms with van der Waals surface area (Å²) in [6, 6.07) is 10.7. The average Bonchev–Trinajstić information content (AvgIpc) is 2.79. The van der Waals surface area contributed by atoms with Crippen LogP contribution in [-0.2, 0) is 6.54 Å². The highest BCUT2D eigenvalue weighted by Gasteiger charge is 2.20. The van der Waals surface area contributed by atoms with E-state index in [0.717, 1.165) is 17.6 Å². The van der Waals surface area contributed by atoms with Gasteiger partial charge >= 0.3 is 0 Å². The molecule has 198 valence electrons. The molecule has 0 aliphatic heterocycles. The molecule has 34 heavy (non-hydrogen) atoms. The molecule has 0 radical (unpaired) electrons. The zero-order chi connectivity index (χ0) is 25.3. The Hall–Kier alpha value is -1.66. The van der Waals surface area contributed by atoms with Crippen molar-refractivity contribution in [2.75, 3.05) is 26.7 Å². The van der Waals surface area contributed by atoms with Crippen molar-refractivity contribution in [3.05, 3.63) is 51.2 Å². The number of unbranched alkanes of at least 4 members (excludes halogenated alkanes) is 15. The molecule has 0 aliphatic carbocycles. The lowest BCUT2D eigenvalue weighted by Gasteiger charge is -2.34. The fourth-order valence-corrected chi connectivity index (χ4v) is 4.58. The molecule has 0 amide bonds. The number of aliphatic hydroxyl groups excluding tert-OH is 1. The van der Waals surface area contributed by atoms with Gasteiger partial charge in [-0.3, -0.25) is 0 Å². The zero-order valence-electron chi connectivity index (χ0n) is 22.1. The summed E-state index contributed by atoms with van der Waals surface area (Å²) >= 11 is 0. The van der Waals surface area contributed by atoms with Crippen LogP contribution in [0.5, 0.6) is 0 Å². The summed E-state index contributed by atoms with van der Waals surface area (Å²) in [5, 5.41) is 24.2. The van der Waals surface area contributed by atoms with Crippen LogP contribution < -0.4 is 0 Å². The van der Waals surface area contributed by atoms with Crippen LogP contribution in [0, 0.1) is 15.3 Å². The molecule has 0 aromatic heterocycles. The van der Waals surface area contributed by atoms with Gasteiger partial charge in [-0.25, -0.2) is 0 Å². The minimum Gasteiger partial charge on any atom is -0.391 e. The van der Waals surface area contributed by atoms with Gasteiger partial charge in [-0.05, 0) is 12.8 Å². The first-order valence-corrected chi connectivity index (χ1v) is 13.7. The molecule has 0 spiro atoms. The van der Waals surface area contributed by atoms with Gasteiger partial charge in [-0.2, -0.15) is 0 Å². The Kier molecular flexibility index (Phi) is 22.0. The van der Waals surface area contributed by atoms with E-state index in [1.807, 2.05) is 0 Å². The molecule has 0 saturated heterocycles. The highest BCUT2D eigenvalue weighted by atomic mass is 16.9. The Labute approximate surface area is 209 Å². The first kappa shape index (κ1) is 32.3. The van der Waals surface area contributed by atoms with E-state index in [-0.39, 0.29) is 6.61 Å². The first-order valence-electron chi connectivity index (χ1n) is 13.7. The van der Waals surface area contributed by atoms with Crippen molar-refractivity contribution >= 4 is 0 Å². The molecule has 1 atom stereocenters. The number of nitrogens with zero attached hydrogens (tertiary/aromatic N) is 2. The minimum atomic E-state index is -1.75. The fraction of sp³-hybridized carbons (Fsp3) is 0.786. The van der Waals surface area contributed by atoms with E-state index in [9.17, 15) is 5.11 Å². The molecule has 0 heterocycles. The Balaban J connectivity index is 0.00000251. The third-order valence-electron chi connectivity index (χ3n) is 6.60. The summed E-state index contributed by atoms with van der Waals surface area (Å²) in [7, 11) is 2.30. The molecule has 1 rings (SSSR count). The van der Waals surface area contributed by atoms with Gasteiger partial charge < -0.3 is 24.9 Å². The predicted molar refractivity (Wildman–Crippen MR) is 143 cm³/mol. The van der Waals surface area contributed by atoms with Crippen molar-refractivity contribution in [1.29, 1.82) is 0 Å². The molecule has 6 heteroatoms. The molecule has 0 fully saturated rings. The summed E-state index contributed by atoms with van der Waals surface area (Å²) in [5.74, 6) is 0. The molecule has 0 aliphatic rings. The smallest absolute Gasteiger partial charge is 0.104 e. The lowest BCUT2D eigenvalue weighted by atomic mass is 10.0. The Morgan fingerprint density at radius 1 is 0.706 bits per heavy atom. The Morgan fingerprint density at radius 2 is 1.09 bits per heavy atom. The highest BCUT2D eigenvalue weighted by Crippen LogP contribution is 2.16. The first-order chi connectivity index (χ1) is 16.4. The quantitative estimate of drug-likeness (QED) is 0.0847. The summed E-state index contributed by atoms with van der Waals surface area (Å²) in [6.45, 7) is 5.63.